The number of nitrogens with zero attached hydrogens (tertiary/aromatic N) is 1. The summed E-state index contributed by atoms with van der Waals surface area (Å²) in [4.78, 5) is 26.5. The fourth-order valence-corrected chi connectivity index (χ4v) is 3.86. The van der Waals surface area contributed by atoms with Crippen LogP contribution < -0.4 is 5.32 Å². The average Bonchev–Trinajstić information content (AvgIpc) is 2.62. The highest BCUT2D eigenvalue weighted by molar-refractivity contribution is 5.77. The molecule has 0 bridgehead atoms. The number of carbonyl (C=O) groups excluding carboxylic acids is 2. The van der Waals surface area contributed by atoms with Crippen molar-refractivity contribution < 1.29 is 14.3 Å². The van der Waals surface area contributed by atoms with Gasteiger partial charge in [0.15, 0.2) is 0 Å². The number of rotatable bonds is 3. The Kier molecular flexibility index (Phi) is 5.38. The third kappa shape index (κ3) is 3.71. The summed E-state index contributed by atoms with van der Waals surface area (Å²) in [6.07, 6.45) is 6.75. The zero-order valence-corrected chi connectivity index (χ0v) is 14.3. The maximum atomic E-state index is 12.8. The van der Waals surface area contributed by atoms with Gasteiger partial charge < -0.3 is 15.0 Å². The predicted molar refractivity (Wildman–Crippen MR) is 91.6 cm³/mol. The summed E-state index contributed by atoms with van der Waals surface area (Å²) in [5.74, 6) is -0.285. The summed E-state index contributed by atoms with van der Waals surface area (Å²) >= 11 is 0. The number of methoxy groups -OCH3 is 1. The average molecular weight is 330 g/mol. The van der Waals surface area contributed by atoms with E-state index in [1.807, 2.05) is 23.1 Å². The SMILES string of the molecule is COC(=O)C[C@H]1c2ccccc2CCN1C(=O)NC1CCCCC1. The van der Waals surface area contributed by atoms with E-state index in [0.29, 0.717) is 6.54 Å². The van der Waals surface area contributed by atoms with Crippen molar-refractivity contribution in [1.82, 2.24) is 10.2 Å². The molecular formula is C19H26N2O3. The van der Waals surface area contributed by atoms with E-state index in [9.17, 15) is 9.59 Å². The van der Waals surface area contributed by atoms with Crippen LogP contribution in [0.15, 0.2) is 24.3 Å². The van der Waals surface area contributed by atoms with Crippen molar-refractivity contribution in [2.24, 2.45) is 0 Å². The van der Waals surface area contributed by atoms with Crippen LogP contribution in [0.2, 0.25) is 0 Å². The second-order valence-electron chi connectivity index (χ2n) is 6.72. The van der Waals surface area contributed by atoms with Gasteiger partial charge in [-0.1, -0.05) is 43.5 Å². The van der Waals surface area contributed by atoms with Crippen LogP contribution in [0.3, 0.4) is 0 Å². The van der Waals surface area contributed by atoms with Gasteiger partial charge in [0.2, 0.25) is 0 Å². The molecule has 1 aliphatic heterocycles. The van der Waals surface area contributed by atoms with E-state index in [2.05, 4.69) is 11.4 Å². The van der Waals surface area contributed by atoms with Crippen molar-refractivity contribution in [3.63, 3.8) is 0 Å². The van der Waals surface area contributed by atoms with Crippen LogP contribution in [0.1, 0.15) is 55.7 Å². The first-order chi connectivity index (χ1) is 11.7. The van der Waals surface area contributed by atoms with Gasteiger partial charge in [0.1, 0.15) is 0 Å². The van der Waals surface area contributed by atoms with Gasteiger partial charge in [-0.3, -0.25) is 4.79 Å². The molecule has 5 nitrogen and oxygen atoms in total. The number of amides is 2. The minimum atomic E-state index is -0.285. The Morgan fingerprint density at radius 3 is 2.71 bits per heavy atom. The molecule has 1 aromatic rings. The molecule has 1 heterocycles. The Bertz CT molecular complexity index is 596. The molecule has 0 unspecified atom stereocenters. The molecule has 2 amide bonds. The highest BCUT2D eigenvalue weighted by Crippen LogP contribution is 2.32. The van der Waals surface area contributed by atoms with Crippen molar-refractivity contribution in [2.45, 2.75) is 57.0 Å². The summed E-state index contributed by atoms with van der Waals surface area (Å²) in [6, 6.07) is 8.04. The lowest BCUT2D eigenvalue weighted by atomic mass is 9.90. The summed E-state index contributed by atoms with van der Waals surface area (Å²) in [5, 5.41) is 3.18. The molecule has 0 spiro atoms. The number of esters is 1. The van der Waals surface area contributed by atoms with Gasteiger partial charge in [-0.25, -0.2) is 4.79 Å². The van der Waals surface area contributed by atoms with Gasteiger partial charge in [0, 0.05) is 12.6 Å². The maximum Gasteiger partial charge on any atom is 0.318 e. The maximum absolute atomic E-state index is 12.8. The summed E-state index contributed by atoms with van der Waals surface area (Å²) < 4.78 is 4.85. The van der Waals surface area contributed by atoms with Crippen LogP contribution in [-0.4, -0.2) is 36.6 Å². The standard InChI is InChI=1S/C19H26N2O3/c1-24-18(22)13-17-16-10-6-5-7-14(16)11-12-21(17)19(23)20-15-8-3-2-4-9-15/h5-7,10,15,17H,2-4,8-9,11-13H2,1H3,(H,20,23)/t17-/m0/s1. The van der Waals surface area contributed by atoms with E-state index in [1.54, 1.807) is 0 Å². The first-order valence-electron chi connectivity index (χ1n) is 8.91. The molecule has 5 heteroatoms. The van der Waals surface area contributed by atoms with E-state index in [-0.39, 0.29) is 30.5 Å². The molecule has 3 rings (SSSR count). The van der Waals surface area contributed by atoms with Gasteiger partial charge >= 0.3 is 12.0 Å². The molecule has 1 aromatic carbocycles. The monoisotopic (exact) mass is 330 g/mol. The minimum Gasteiger partial charge on any atom is -0.469 e. The van der Waals surface area contributed by atoms with Crippen LogP contribution in [0.5, 0.6) is 0 Å². The summed E-state index contributed by atoms with van der Waals surface area (Å²) in [5.41, 5.74) is 2.28. The molecule has 1 N–H and O–H groups in total. The molecule has 1 atom stereocenters. The number of fused-ring (bicyclic) bond motifs is 1. The Morgan fingerprint density at radius 2 is 1.96 bits per heavy atom. The topological polar surface area (TPSA) is 58.6 Å². The number of urea groups is 1. The van der Waals surface area contributed by atoms with Gasteiger partial charge in [0.25, 0.3) is 0 Å². The molecule has 24 heavy (non-hydrogen) atoms. The second kappa shape index (κ2) is 7.69. The first kappa shape index (κ1) is 16.8. The smallest absolute Gasteiger partial charge is 0.318 e. The zero-order chi connectivity index (χ0) is 16.9. The van der Waals surface area contributed by atoms with Crippen LogP contribution in [-0.2, 0) is 16.0 Å². The molecule has 0 radical (unpaired) electrons. The highest BCUT2D eigenvalue weighted by atomic mass is 16.5. The summed E-state index contributed by atoms with van der Waals surface area (Å²) in [6.45, 7) is 0.636. The van der Waals surface area contributed by atoms with Gasteiger partial charge in [-0.2, -0.15) is 0 Å². The van der Waals surface area contributed by atoms with Gasteiger partial charge in [-0.15, -0.1) is 0 Å². The van der Waals surface area contributed by atoms with Gasteiger partial charge in [-0.05, 0) is 30.4 Å². The minimum absolute atomic E-state index is 0.0506. The molecule has 0 aromatic heterocycles. The molecule has 1 fully saturated rings. The number of hydrogen-bond donors (Lipinski definition) is 1. The Balaban J connectivity index is 1.77. The van der Waals surface area contributed by atoms with Crippen LogP contribution in [0.4, 0.5) is 4.79 Å². The fourth-order valence-electron chi connectivity index (χ4n) is 3.86. The Hall–Kier alpha value is -2.04. The molecule has 1 saturated carbocycles. The quantitative estimate of drug-likeness (QED) is 0.866. The molecule has 0 saturated heterocycles. The van der Waals surface area contributed by atoms with E-state index in [0.717, 1.165) is 24.8 Å². The third-order valence-electron chi connectivity index (χ3n) is 5.19. The van der Waals surface area contributed by atoms with Crippen LogP contribution >= 0.6 is 0 Å². The van der Waals surface area contributed by atoms with E-state index < -0.39 is 0 Å². The van der Waals surface area contributed by atoms with Crippen LogP contribution in [0.25, 0.3) is 0 Å². The van der Waals surface area contributed by atoms with E-state index in [1.165, 1.54) is 31.9 Å². The normalized spacial score (nSPS) is 21.0. The van der Waals surface area contributed by atoms with E-state index >= 15 is 0 Å². The van der Waals surface area contributed by atoms with Crippen molar-refractivity contribution in [1.29, 1.82) is 0 Å². The van der Waals surface area contributed by atoms with Crippen molar-refractivity contribution in [2.75, 3.05) is 13.7 Å². The number of ether oxygens (including phenoxy) is 1. The van der Waals surface area contributed by atoms with Gasteiger partial charge in [0.05, 0.1) is 19.6 Å². The zero-order valence-electron chi connectivity index (χ0n) is 14.3. The lowest BCUT2D eigenvalue weighted by Crippen LogP contribution is -2.49. The third-order valence-corrected chi connectivity index (χ3v) is 5.19. The van der Waals surface area contributed by atoms with Crippen molar-refractivity contribution in [3.8, 4) is 0 Å². The van der Waals surface area contributed by atoms with E-state index in [4.69, 9.17) is 4.74 Å². The predicted octanol–water partition coefficient (Wildman–Crippen LogP) is 3.19. The van der Waals surface area contributed by atoms with Crippen molar-refractivity contribution in [3.05, 3.63) is 35.4 Å². The number of benzene rings is 1. The fraction of sp³-hybridized carbons (Fsp3) is 0.579. The largest absolute Gasteiger partial charge is 0.469 e. The molecular weight excluding hydrogens is 304 g/mol. The molecule has 1 aliphatic carbocycles. The molecule has 2 aliphatic rings. The Morgan fingerprint density at radius 1 is 1.21 bits per heavy atom. The second-order valence-corrected chi connectivity index (χ2v) is 6.72. The van der Waals surface area contributed by atoms with Crippen LogP contribution in [0, 0.1) is 0 Å². The number of hydrogen-bond acceptors (Lipinski definition) is 3. The Labute approximate surface area is 143 Å². The lowest BCUT2D eigenvalue weighted by molar-refractivity contribution is -0.141. The first-order valence-corrected chi connectivity index (χ1v) is 8.91. The highest BCUT2D eigenvalue weighted by Gasteiger charge is 2.33. The lowest BCUT2D eigenvalue weighted by Gasteiger charge is -2.38. The summed E-state index contributed by atoms with van der Waals surface area (Å²) in [7, 11) is 1.39. The van der Waals surface area contributed by atoms with Crippen molar-refractivity contribution >= 4 is 12.0 Å². The number of nitrogens with one attached hydrogen (secondary N) is 1. The molecule has 130 valence electrons. The number of carbonyl (C=O) groups is 2.